The minimum atomic E-state index is -0.785. The van der Waals surface area contributed by atoms with E-state index in [9.17, 15) is 19.7 Å². The van der Waals surface area contributed by atoms with Crippen molar-refractivity contribution >= 4 is 77.5 Å². The number of halogens is 2. The van der Waals surface area contributed by atoms with Gasteiger partial charge in [-0.1, -0.05) is 40.2 Å². The number of thiocarbonyl (C=S) groups is 1. The third-order valence-electron chi connectivity index (χ3n) is 4.13. The summed E-state index contributed by atoms with van der Waals surface area (Å²) >= 11 is 11.8. The average molecular weight is 582 g/mol. The van der Waals surface area contributed by atoms with E-state index in [1.807, 2.05) is 24.3 Å². The summed E-state index contributed by atoms with van der Waals surface area (Å²) in [4.78, 5) is 34.6. The van der Waals surface area contributed by atoms with Crippen molar-refractivity contribution in [2.75, 3.05) is 6.61 Å². The van der Waals surface area contributed by atoms with Crippen LogP contribution in [0.1, 0.15) is 10.4 Å². The molecule has 0 unspecified atom stereocenters. The molecule has 0 aliphatic carbocycles. The van der Waals surface area contributed by atoms with Crippen LogP contribution in [0, 0.1) is 10.1 Å². The number of hydrazine groups is 1. The molecule has 0 heterocycles. The van der Waals surface area contributed by atoms with Crippen LogP contribution in [0.2, 0.25) is 0 Å². The number of amides is 2. The van der Waals surface area contributed by atoms with E-state index in [0.29, 0.717) is 10.2 Å². The van der Waals surface area contributed by atoms with Gasteiger partial charge >= 0.3 is 0 Å². The largest absolute Gasteiger partial charge is 0.483 e. The normalized spacial score (nSPS) is 10.3. The van der Waals surface area contributed by atoms with Crippen LogP contribution in [0.15, 0.2) is 63.5 Å². The third kappa shape index (κ3) is 5.78. The minimum Gasteiger partial charge on any atom is -0.483 e. The van der Waals surface area contributed by atoms with Gasteiger partial charge in [0.15, 0.2) is 11.7 Å². The molecule has 0 aromatic heterocycles. The maximum atomic E-state index is 12.2. The molecule has 0 radical (unpaired) electrons. The van der Waals surface area contributed by atoms with Crippen molar-refractivity contribution in [1.82, 2.24) is 16.2 Å². The van der Waals surface area contributed by atoms with Crippen LogP contribution in [0.25, 0.3) is 10.8 Å². The number of nitro groups is 1. The number of hydrogen-bond acceptors (Lipinski definition) is 6. The molecule has 3 aromatic rings. The van der Waals surface area contributed by atoms with Crippen LogP contribution in [0.3, 0.4) is 0 Å². The first kappa shape index (κ1) is 23.6. The summed E-state index contributed by atoms with van der Waals surface area (Å²) in [5, 5.41) is 15.0. The van der Waals surface area contributed by atoms with Crippen molar-refractivity contribution < 1.29 is 19.2 Å². The molecule has 0 bridgehead atoms. The number of ether oxygens (including phenoxy) is 1. The number of carbonyl (C=O) groups excluding carboxylic acids is 2. The zero-order valence-electron chi connectivity index (χ0n) is 16.1. The van der Waals surface area contributed by atoms with Gasteiger partial charge in [0, 0.05) is 10.5 Å². The van der Waals surface area contributed by atoms with Crippen molar-refractivity contribution in [3.8, 4) is 5.75 Å². The summed E-state index contributed by atoms with van der Waals surface area (Å²) in [5.74, 6) is -0.871. The molecule has 0 fully saturated rings. The lowest BCUT2D eigenvalue weighted by Crippen LogP contribution is -2.49. The zero-order valence-corrected chi connectivity index (χ0v) is 20.0. The van der Waals surface area contributed by atoms with E-state index in [0.717, 1.165) is 15.2 Å². The van der Waals surface area contributed by atoms with Crippen molar-refractivity contribution in [3.05, 3.63) is 79.2 Å². The second kappa shape index (κ2) is 10.5. The Morgan fingerprint density at radius 2 is 1.81 bits per heavy atom. The summed E-state index contributed by atoms with van der Waals surface area (Å²) in [6, 6.07) is 14.8. The summed E-state index contributed by atoms with van der Waals surface area (Å²) in [6.07, 6.45) is 0. The lowest BCUT2D eigenvalue weighted by atomic mass is 10.1. The van der Waals surface area contributed by atoms with Gasteiger partial charge in [-0.2, -0.15) is 0 Å². The number of hydrogen-bond donors (Lipinski definition) is 3. The minimum absolute atomic E-state index is 0.163. The number of rotatable bonds is 5. The van der Waals surface area contributed by atoms with Crippen molar-refractivity contribution in [3.63, 3.8) is 0 Å². The van der Waals surface area contributed by atoms with Crippen molar-refractivity contribution in [1.29, 1.82) is 0 Å². The highest BCUT2D eigenvalue weighted by Crippen LogP contribution is 2.34. The molecule has 0 spiro atoms. The van der Waals surface area contributed by atoms with E-state index >= 15 is 0 Å². The zero-order chi connectivity index (χ0) is 23.3. The van der Waals surface area contributed by atoms with E-state index in [2.05, 4.69) is 48.0 Å². The first-order valence-electron chi connectivity index (χ1n) is 8.90. The Balaban J connectivity index is 1.52. The van der Waals surface area contributed by atoms with E-state index in [-0.39, 0.29) is 23.0 Å². The number of benzene rings is 3. The van der Waals surface area contributed by atoms with Crippen LogP contribution in [-0.4, -0.2) is 28.5 Å². The van der Waals surface area contributed by atoms with Crippen LogP contribution < -0.4 is 20.9 Å². The quantitative estimate of drug-likeness (QED) is 0.236. The van der Waals surface area contributed by atoms with Gasteiger partial charge in [0.1, 0.15) is 11.3 Å². The highest BCUT2D eigenvalue weighted by atomic mass is 79.9. The van der Waals surface area contributed by atoms with Gasteiger partial charge in [-0.05, 0) is 63.2 Å². The summed E-state index contributed by atoms with van der Waals surface area (Å²) in [7, 11) is 0. The van der Waals surface area contributed by atoms with Crippen LogP contribution in [0.4, 0.5) is 5.69 Å². The SMILES string of the molecule is O=C(COc1ccc2cc(Br)ccc2c1Br)NNC(=S)NC(=O)c1ccccc1[N+](=O)[O-]. The maximum Gasteiger partial charge on any atom is 0.282 e. The lowest BCUT2D eigenvalue weighted by molar-refractivity contribution is -0.385. The molecular weight excluding hydrogens is 568 g/mol. The molecule has 0 saturated heterocycles. The van der Waals surface area contributed by atoms with E-state index < -0.39 is 16.7 Å². The molecule has 9 nitrogen and oxygen atoms in total. The molecule has 0 aliphatic heterocycles. The summed E-state index contributed by atoms with van der Waals surface area (Å²) in [5.41, 5.74) is 4.11. The van der Waals surface area contributed by atoms with Gasteiger partial charge in [-0.15, -0.1) is 0 Å². The van der Waals surface area contributed by atoms with Crippen molar-refractivity contribution in [2.45, 2.75) is 0 Å². The maximum absolute atomic E-state index is 12.2. The molecule has 0 aliphatic rings. The van der Waals surface area contributed by atoms with Gasteiger partial charge in [-0.3, -0.25) is 35.9 Å². The fourth-order valence-electron chi connectivity index (χ4n) is 2.69. The van der Waals surface area contributed by atoms with Crippen LogP contribution in [-0.2, 0) is 4.79 Å². The van der Waals surface area contributed by atoms with Crippen LogP contribution in [0.5, 0.6) is 5.75 Å². The van der Waals surface area contributed by atoms with E-state index in [1.54, 1.807) is 6.07 Å². The second-order valence-electron chi connectivity index (χ2n) is 6.26. The Morgan fingerprint density at radius 1 is 1.06 bits per heavy atom. The van der Waals surface area contributed by atoms with Gasteiger partial charge in [0.25, 0.3) is 17.5 Å². The standard InChI is InChI=1S/C20H14Br2N4O5S/c21-12-6-7-13-11(9-12)5-8-16(18(13)22)31-10-17(27)24-25-20(32)23-19(28)14-3-1-2-4-15(14)26(29)30/h1-9H,10H2,(H,24,27)(H2,23,25,28,32). The fourth-order valence-corrected chi connectivity index (χ4v) is 3.82. The number of nitrogens with one attached hydrogen (secondary N) is 3. The predicted molar refractivity (Wildman–Crippen MR) is 129 cm³/mol. The Morgan fingerprint density at radius 3 is 2.56 bits per heavy atom. The number of fused-ring (bicyclic) bond motifs is 1. The Bertz CT molecular complexity index is 1240. The fraction of sp³-hybridized carbons (Fsp3) is 0.0500. The third-order valence-corrected chi connectivity index (χ3v) is 5.64. The molecule has 3 N–H and O–H groups in total. The van der Waals surface area contributed by atoms with Crippen LogP contribution >= 0.6 is 44.1 Å². The highest BCUT2D eigenvalue weighted by Gasteiger charge is 2.20. The van der Waals surface area contributed by atoms with E-state index in [1.165, 1.54) is 24.3 Å². The van der Waals surface area contributed by atoms with E-state index in [4.69, 9.17) is 17.0 Å². The Kier molecular flexibility index (Phi) is 7.72. The molecule has 2 amide bonds. The number of nitrogens with zero attached hydrogens (tertiary/aromatic N) is 1. The van der Waals surface area contributed by atoms with Gasteiger partial charge in [0.05, 0.1) is 9.40 Å². The van der Waals surface area contributed by atoms with Gasteiger partial charge in [0.2, 0.25) is 0 Å². The molecular formula is C20H14Br2N4O5S. The second-order valence-corrected chi connectivity index (χ2v) is 8.38. The predicted octanol–water partition coefficient (Wildman–Crippen LogP) is 3.99. The molecule has 12 heteroatoms. The topological polar surface area (TPSA) is 123 Å². The average Bonchev–Trinajstić information content (AvgIpc) is 2.77. The molecule has 3 aromatic carbocycles. The number of carbonyl (C=O) groups is 2. The van der Waals surface area contributed by atoms with Crippen molar-refractivity contribution in [2.24, 2.45) is 0 Å². The molecule has 32 heavy (non-hydrogen) atoms. The monoisotopic (exact) mass is 580 g/mol. The highest BCUT2D eigenvalue weighted by molar-refractivity contribution is 9.11. The first-order chi connectivity index (χ1) is 15.3. The number of nitro benzene ring substituents is 1. The Hall–Kier alpha value is -3.09. The summed E-state index contributed by atoms with van der Waals surface area (Å²) in [6.45, 7) is -0.325. The van der Waals surface area contributed by atoms with Gasteiger partial charge < -0.3 is 4.74 Å². The number of para-hydroxylation sites is 1. The first-order valence-corrected chi connectivity index (χ1v) is 10.9. The van der Waals surface area contributed by atoms with Gasteiger partial charge in [-0.25, -0.2) is 0 Å². The Labute approximate surface area is 203 Å². The lowest BCUT2D eigenvalue weighted by Gasteiger charge is -2.13. The molecule has 0 saturated carbocycles. The smallest absolute Gasteiger partial charge is 0.282 e. The molecule has 164 valence electrons. The molecule has 0 atom stereocenters. The summed E-state index contributed by atoms with van der Waals surface area (Å²) < 4.78 is 7.19. The molecule has 3 rings (SSSR count).